The maximum atomic E-state index is 11.7. The highest BCUT2D eigenvalue weighted by molar-refractivity contribution is 6.69. The minimum atomic E-state index is -2.19. The van der Waals surface area contributed by atoms with E-state index in [4.69, 9.17) is 33.1 Å². The molecule has 166 valence electrons. The Kier molecular flexibility index (Phi) is 9.20. The Labute approximate surface area is 169 Å². The Bertz CT molecular complexity index is 615. The van der Waals surface area contributed by atoms with E-state index < -0.39 is 62.9 Å². The van der Waals surface area contributed by atoms with Crippen LogP contribution in [0.5, 0.6) is 0 Å². The number of esters is 4. The molecule has 0 amide bonds. The Hall–Kier alpha value is -2.02. The van der Waals surface area contributed by atoms with E-state index in [1.807, 2.05) is 19.6 Å². The van der Waals surface area contributed by atoms with Gasteiger partial charge < -0.3 is 23.7 Å². The summed E-state index contributed by atoms with van der Waals surface area (Å²) in [5.41, 5.74) is 0. The van der Waals surface area contributed by atoms with Crippen molar-refractivity contribution in [3.63, 3.8) is 0 Å². The largest absolute Gasteiger partial charge is 0.463 e. The Morgan fingerprint density at radius 2 is 1.24 bits per heavy atom. The van der Waals surface area contributed by atoms with Crippen molar-refractivity contribution in [1.82, 2.24) is 0 Å². The van der Waals surface area contributed by atoms with Crippen LogP contribution in [0.2, 0.25) is 19.6 Å². The van der Waals surface area contributed by atoms with Crippen molar-refractivity contribution in [1.29, 1.82) is 0 Å². The first-order chi connectivity index (χ1) is 13.3. The van der Waals surface area contributed by atoms with Crippen LogP contribution in [0.25, 0.3) is 0 Å². The molecule has 0 unspecified atom stereocenters. The van der Waals surface area contributed by atoms with Gasteiger partial charge in [-0.25, -0.2) is 4.89 Å². The van der Waals surface area contributed by atoms with E-state index in [1.54, 1.807) is 0 Å². The molecule has 0 aromatic carbocycles. The monoisotopic (exact) mass is 436 g/mol. The molecular formula is C17H28O11Si. The van der Waals surface area contributed by atoms with Crippen LogP contribution in [0.3, 0.4) is 0 Å². The molecule has 0 radical (unpaired) electrons. The molecule has 29 heavy (non-hydrogen) atoms. The quantitative estimate of drug-likeness (QED) is 0.176. The molecule has 0 aliphatic carbocycles. The zero-order valence-corrected chi connectivity index (χ0v) is 18.6. The molecule has 1 aliphatic rings. The Morgan fingerprint density at radius 3 is 1.69 bits per heavy atom. The average molecular weight is 436 g/mol. The summed E-state index contributed by atoms with van der Waals surface area (Å²) in [6, 6.07) is 0. The highest BCUT2D eigenvalue weighted by Crippen LogP contribution is 2.30. The lowest BCUT2D eigenvalue weighted by Crippen LogP contribution is -2.63. The van der Waals surface area contributed by atoms with Crippen LogP contribution in [-0.2, 0) is 52.3 Å². The van der Waals surface area contributed by atoms with Crippen LogP contribution in [0.4, 0.5) is 0 Å². The van der Waals surface area contributed by atoms with Crippen LogP contribution in [-0.4, -0.2) is 69.5 Å². The third-order valence-corrected chi connectivity index (χ3v) is 3.94. The lowest BCUT2D eigenvalue weighted by molar-refractivity contribution is -0.392. The van der Waals surface area contributed by atoms with Crippen LogP contribution in [0.15, 0.2) is 0 Å². The number of carbonyl (C=O) groups excluding carboxylic acids is 4. The fourth-order valence-corrected chi connectivity index (χ4v) is 2.84. The van der Waals surface area contributed by atoms with Crippen molar-refractivity contribution in [2.45, 2.75) is 78.0 Å². The van der Waals surface area contributed by atoms with Crippen molar-refractivity contribution in [2.24, 2.45) is 0 Å². The van der Waals surface area contributed by atoms with Crippen LogP contribution in [0.1, 0.15) is 27.7 Å². The van der Waals surface area contributed by atoms with Gasteiger partial charge >= 0.3 is 23.9 Å². The van der Waals surface area contributed by atoms with Crippen LogP contribution >= 0.6 is 0 Å². The number of carbonyl (C=O) groups is 4. The third-order valence-electron chi connectivity index (χ3n) is 3.34. The molecule has 1 rings (SSSR count). The van der Waals surface area contributed by atoms with Gasteiger partial charge in [0.2, 0.25) is 14.6 Å². The fourth-order valence-electron chi connectivity index (χ4n) is 2.46. The Morgan fingerprint density at radius 1 is 0.759 bits per heavy atom. The van der Waals surface area contributed by atoms with Crippen molar-refractivity contribution in [2.75, 3.05) is 6.61 Å². The van der Waals surface area contributed by atoms with E-state index >= 15 is 0 Å². The summed E-state index contributed by atoms with van der Waals surface area (Å²) < 4.78 is 31.8. The minimum absolute atomic E-state index is 0.329. The van der Waals surface area contributed by atoms with Gasteiger partial charge in [-0.3, -0.25) is 23.8 Å². The molecule has 1 aliphatic heterocycles. The molecule has 0 bridgehead atoms. The molecule has 0 saturated carbocycles. The molecule has 1 saturated heterocycles. The van der Waals surface area contributed by atoms with E-state index in [1.165, 1.54) is 6.92 Å². The first-order valence-corrected chi connectivity index (χ1v) is 12.4. The summed E-state index contributed by atoms with van der Waals surface area (Å²) in [5, 5.41) is 0. The average Bonchev–Trinajstić information content (AvgIpc) is 2.53. The summed E-state index contributed by atoms with van der Waals surface area (Å²) in [5.74, 6) is -2.74. The van der Waals surface area contributed by atoms with E-state index in [9.17, 15) is 19.2 Å². The second-order valence-corrected chi connectivity index (χ2v) is 11.8. The number of hydrogen-bond acceptors (Lipinski definition) is 11. The summed E-state index contributed by atoms with van der Waals surface area (Å²) >= 11 is 0. The van der Waals surface area contributed by atoms with E-state index in [2.05, 4.69) is 0 Å². The molecule has 0 aromatic rings. The predicted octanol–water partition coefficient (Wildman–Crippen LogP) is 0.853. The molecule has 12 heteroatoms. The molecule has 0 N–H and O–H groups in total. The predicted molar refractivity (Wildman–Crippen MR) is 97.5 cm³/mol. The molecule has 1 fully saturated rings. The van der Waals surface area contributed by atoms with Crippen molar-refractivity contribution in [3.05, 3.63) is 0 Å². The van der Waals surface area contributed by atoms with Crippen LogP contribution < -0.4 is 0 Å². The summed E-state index contributed by atoms with van der Waals surface area (Å²) in [6.45, 7) is 9.83. The van der Waals surface area contributed by atoms with E-state index in [0.29, 0.717) is 0 Å². The van der Waals surface area contributed by atoms with Crippen molar-refractivity contribution >= 4 is 32.2 Å². The summed E-state index contributed by atoms with van der Waals surface area (Å²) in [7, 11) is -2.19. The molecule has 0 aromatic heterocycles. The number of ether oxygens (including phenoxy) is 5. The van der Waals surface area contributed by atoms with Gasteiger partial charge in [-0.1, -0.05) is 0 Å². The minimum Gasteiger partial charge on any atom is -0.463 e. The number of hydrogen-bond donors (Lipinski definition) is 0. The van der Waals surface area contributed by atoms with Gasteiger partial charge in [0.15, 0.2) is 18.3 Å². The van der Waals surface area contributed by atoms with Crippen molar-refractivity contribution in [3.8, 4) is 0 Å². The molecule has 11 nitrogen and oxygen atoms in total. The highest BCUT2D eigenvalue weighted by atomic mass is 28.4. The third kappa shape index (κ3) is 8.89. The van der Waals surface area contributed by atoms with Gasteiger partial charge in [-0.2, -0.15) is 0 Å². The van der Waals surface area contributed by atoms with Crippen LogP contribution in [0, 0.1) is 0 Å². The van der Waals surface area contributed by atoms with Gasteiger partial charge in [0, 0.05) is 27.7 Å². The molecule has 0 spiro atoms. The van der Waals surface area contributed by atoms with E-state index in [0.717, 1.165) is 20.8 Å². The first kappa shape index (κ1) is 25.0. The van der Waals surface area contributed by atoms with Gasteiger partial charge in [0.05, 0.1) is 0 Å². The van der Waals surface area contributed by atoms with Crippen molar-refractivity contribution < 1.29 is 52.3 Å². The maximum Gasteiger partial charge on any atom is 0.303 e. The molecule has 1 heterocycles. The first-order valence-electron chi connectivity index (χ1n) is 8.95. The number of rotatable bonds is 8. The van der Waals surface area contributed by atoms with Gasteiger partial charge in [-0.05, 0) is 19.6 Å². The Balaban J connectivity index is 3.28. The summed E-state index contributed by atoms with van der Waals surface area (Å²) in [6.07, 6.45) is -6.22. The fraction of sp³-hybridized carbons (Fsp3) is 0.765. The zero-order chi connectivity index (χ0) is 22.4. The standard InChI is InChI=1S/C17H28O11Si/c1-9(18)22-8-13-14(23-10(2)19)15(24-11(3)20)16(25-12(4)21)17(26-13)27-28-29(5,6)7/h13-17H,8H2,1-7H3/t13-,14+,15+,16-,17+/m1/s1. The second kappa shape index (κ2) is 10.7. The second-order valence-electron chi connectivity index (χ2n) is 7.36. The molecular weight excluding hydrogens is 408 g/mol. The maximum absolute atomic E-state index is 11.7. The van der Waals surface area contributed by atoms with Gasteiger partial charge in [0.25, 0.3) is 0 Å². The smallest absolute Gasteiger partial charge is 0.303 e. The van der Waals surface area contributed by atoms with Gasteiger partial charge in [-0.15, -0.1) is 0 Å². The zero-order valence-electron chi connectivity index (χ0n) is 17.6. The summed E-state index contributed by atoms with van der Waals surface area (Å²) in [4.78, 5) is 51.5. The lowest BCUT2D eigenvalue weighted by atomic mass is 9.98. The van der Waals surface area contributed by atoms with E-state index in [-0.39, 0.29) is 6.61 Å². The normalized spacial score (nSPS) is 26.9. The lowest BCUT2D eigenvalue weighted by Gasteiger charge is -2.43. The topological polar surface area (TPSA) is 133 Å². The SMILES string of the molecule is CC(=O)OC[C@H]1O[C@@H](OO[Si](C)(C)C)[C@H](OC(C)=O)[C@@H](OC(C)=O)[C@H]1OC(C)=O. The molecule has 5 atom stereocenters. The highest BCUT2D eigenvalue weighted by Gasteiger charge is 2.53. The van der Waals surface area contributed by atoms with Gasteiger partial charge in [0.1, 0.15) is 12.7 Å².